The Kier molecular flexibility index (Phi) is 3.85. The van der Waals surface area contributed by atoms with E-state index >= 15 is 0 Å². The van der Waals surface area contributed by atoms with Gasteiger partial charge in [-0.15, -0.1) is 0 Å². The second-order valence-corrected chi connectivity index (χ2v) is 5.57. The van der Waals surface area contributed by atoms with Crippen LogP contribution in [0.5, 0.6) is 0 Å². The van der Waals surface area contributed by atoms with E-state index in [0.717, 1.165) is 39.3 Å². The van der Waals surface area contributed by atoms with Crippen LogP contribution in [-0.2, 0) is 4.74 Å². The molecule has 0 saturated carbocycles. The molecule has 2 N–H and O–H groups in total. The summed E-state index contributed by atoms with van der Waals surface area (Å²) < 4.78 is 5.52. The van der Waals surface area contributed by atoms with Gasteiger partial charge in [-0.2, -0.15) is 0 Å². The fourth-order valence-electron chi connectivity index (χ4n) is 2.74. The molecule has 2 saturated heterocycles. The number of likely N-dealkylation sites (N-methyl/N-ethyl adjacent to an activating group) is 1. The Morgan fingerprint density at radius 3 is 2.81 bits per heavy atom. The van der Waals surface area contributed by atoms with E-state index in [1.165, 1.54) is 13.1 Å². The number of hydrogen-bond acceptors (Lipinski definition) is 4. The number of hydrogen-bond donors (Lipinski definition) is 1. The summed E-state index contributed by atoms with van der Waals surface area (Å²) in [6, 6.07) is 0.658. The van der Waals surface area contributed by atoms with Crippen LogP contribution in [0.3, 0.4) is 0 Å². The fourth-order valence-corrected chi connectivity index (χ4v) is 2.74. The number of rotatable bonds is 3. The lowest BCUT2D eigenvalue weighted by Crippen LogP contribution is -2.54. The highest BCUT2D eigenvalue weighted by Crippen LogP contribution is 2.29. The molecule has 94 valence electrons. The summed E-state index contributed by atoms with van der Waals surface area (Å²) in [5.74, 6) is 0. The van der Waals surface area contributed by atoms with Crippen molar-refractivity contribution in [2.45, 2.75) is 19.4 Å². The van der Waals surface area contributed by atoms with E-state index in [-0.39, 0.29) is 5.41 Å². The van der Waals surface area contributed by atoms with Crippen LogP contribution in [0.1, 0.15) is 13.3 Å². The van der Waals surface area contributed by atoms with Crippen LogP contribution in [0.25, 0.3) is 0 Å². The molecular weight excluding hydrogens is 202 g/mol. The van der Waals surface area contributed by atoms with Gasteiger partial charge in [0.25, 0.3) is 0 Å². The van der Waals surface area contributed by atoms with Crippen molar-refractivity contribution in [2.24, 2.45) is 11.1 Å². The summed E-state index contributed by atoms with van der Waals surface area (Å²) in [4.78, 5) is 4.99. The van der Waals surface area contributed by atoms with Crippen LogP contribution < -0.4 is 5.73 Å². The zero-order valence-electron chi connectivity index (χ0n) is 10.6. The second-order valence-electron chi connectivity index (χ2n) is 5.57. The minimum atomic E-state index is 0.232. The van der Waals surface area contributed by atoms with Gasteiger partial charge in [-0.3, -0.25) is 4.90 Å². The maximum atomic E-state index is 5.93. The van der Waals surface area contributed by atoms with E-state index in [4.69, 9.17) is 10.5 Å². The number of nitrogens with two attached hydrogens (primary N) is 1. The fraction of sp³-hybridized carbons (Fsp3) is 1.00. The molecule has 0 spiro atoms. The third kappa shape index (κ3) is 2.56. The first-order valence-electron chi connectivity index (χ1n) is 6.36. The van der Waals surface area contributed by atoms with Crippen LogP contribution in [0.15, 0.2) is 0 Å². The molecule has 0 radical (unpaired) electrons. The summed E-state index contributed by atoms with van der Waals surface area (Å²) in [5, 5.41) is 0. The van der Waals surface area contributed by atoms with E-state index in [1.54, 1.807) is 0 Å². The predicted octanol–water partition coefficient (Wildman–Crippen LogP) is -0.0123. The van der Waals surface area contributed by atoms with Crippen molar-refractivity contribution in [3.8, 4) is 0 Å². The Morgan fingerprint density at radius 1 is 1.44 bits per heavy atom. The topological polar surface area (TPSA) is 41.7 Å². The summed E-state index contributed by atoms with van der Waals surface area (Å²) in [7, 11) is 2.21. The third-order valence-electron chi connectivity index (χ3n) is 4.22. The van der Waals surface area contributed by atoms with Crippen LogP contribution >= 0.6 is 0 Å². The van der Waals surface area contributed by atoms with Gasteiger partial charge in [-0.05, 0) is 20.4 Å². The number of nitrogens with zero attached hydrogens (tertiary/aromatic N) is 2. The summed E-state index contributed by atoms with van der Waals surface area (Å²) in [6.45, 7) is 9.41. The minimum Gasteiger partial charge on any atom is -0.381 e. The van der Waals surface area contributed by atoms with Gasteiger partial charge in [-0.25, -0.2) is 0 Å². The van der Waals surface area contributed by atoms with E-state index in [0.29, 0.717) is 6.04 Å². The van der Waals surface area contributed by atoms with Crippen LogP contribution in [0.2, 0.25) is 0 Å². The molecule has 0 aromatic carbocycles. The van der Waals surface area contributed by atoms with Crippen molar-refractivity contribution in [1.29, 1.82) is 0 Å². The molecule has 0 aromatic rings. The van der Waals surface area contributed by atoms with Gasteiger partial charge in [-0.1, -0.05) is 0 Å². The Bertz CT molecular complexity index is 228. The lowest BCUT2D eigenvalue weighted by Gasteiger charge is -2.41. The van der Waals surface area contributed by atoms with Gasteiger partial charge in [0.15, 0.2) is 0 Å². The summed E-state index contributed by atoms with van der Waals surface area (Å²) >= 11 is 0. The maximum absolute atomic E-state index is 5.93. The molecule has 2 aliphatic heterocycles. The average Bonchev–Trinajstić information content (AvgIpc) is 2.73. The van der Waals surface area contributed by atoms with Gasteiger partial charge < -0.3 is 15.4 Å². The quantitative estimate of drug-likeness (QED) is 0.736. The second kappa shape index (κ2) is 5.00. The van der Waals surface area contributed by atoms with Crippen LogP contribution in [0, 0.1) is 5.41 Å². The lowest BCUT2D eigenvalue weighted by molar-refractivity contribution is 0.0589. The third-order valence-corrected chi connectivity index (χ3v) is 4.22. The first-order valence-corrected chi connectivity index (χ1v) is 6.36. The normalized spacial score (nSPS) is 38.1. The van der Waals surface area contributed by atoms with Crippen molar-refractivity contribution < 1.29 is 4.74 Å². The van der Waals surface area contributed by atoms with E-state index in [1.807, 2.05) is 0 Å². The maximum Gasteiger partial charge on any atom is 0.0547 e. The zero-order chi connectivity index (χ0) is 11.6. The molecule has 2 rings (SSSR count). The van der Waals surface area contributed by atoms with Crippen molar-refractivity contribution in [2.75, 3.05) is 53.0 Å². The van der Waals surface area contributed by atoms with Crippen LogP contribution in [0.4, 0.5) is 0 Å². The molecule has 0 amide bonds. The smallest absolute Gasteiger partial charge is 0.0547 e. The molecule has 4 nitrogen and oxygen atoms in total. The van der Waals surface area contributed by atoms with Crippen LogP contribution in [-0.4, -0.2) is 68.8 Å². The Morgan fingerprint density at radius 2 is 2.25 bits per heavy atom. The standard InChI is InChI=1S/C12H25N3O/c1-11-7-15(5-4-14(11)2)9-12(8-13)3-6-16-10-12/h11H,3-10,13H2,1-2H3. The highest BCUT2D eigenvalue weighted by Gasteiger charge is 2.36. The molecule has 0 bridgehead atoms. The van der Waals surface area contributed by atoms with E-state index in [9.17, 15) is 0 Å². The van der Waals surface area contributed by atoms with Gasteiger partial charge in [0.2, 0.25) is 0 Å². The highest BCUT2D eigenvalue weighted by molar-refractivity contribution is 4.89. The van der Waals surface area contributed by atoms with E-state index in [2.05, 4.69) is 23.8 Å². The summed E-state index contributed by atoms with van der Waals surface area (Å²) in [6.07, 6.45) is 1.13. The van der Waals surface area contributed by atoms with Crippen molar-refractivity contribution in [1.82, 2.24) is 9.80 Å². The van der Waals surface area contributed by atoms with Gasteiger partial charge >= 0.3 is 0 Å². The Balaban J connectivity index is 1.89. The van der Waals surface area contributed by atoms with Crippen molar-refractivity contribution >= 4 is 0 Å². The Labute approximate surface area is 98.7 Å². The van der Waals surface area contributed by atoms with Crippen molar-refractivity contribution in [3.05, 3.63) is 0 Å². The zero-order valence-corrected chi connectivity index (χ0v) is 10.6. The van der Waals surface area contributed by atoms with Gasteiger partial charge in [0, 0.05) is 50.8 Å². The summed E-state index contributed by atoms with van der Waals surface area (Å²) in [5.41, 5.74) is 6.16. The predicted molar refractivity (Wildman–Crippen MR) is 65.5 cm³/mol. The first-order chi connectivity index (χ1) is 7.65. The molecule has 2 atom stereocenters. The number of ether oxygens (including phenoxy) is 1. The molecule has 16 heavy (non-hydrogen) atoms. The van der Waals surface area contributed by atoms with Gasteiger partial charge in [0.1, 0.15) is 0 Å². The largest absolute Gasteiger partial charge is 0.381 e. The Hall–Kier alpha value is -0.160. The molecule has 2 fully saturated rings. The molecule has 2 aliphatic rings. The van der Waals surface area contributed by atoms with Gasteiger partial charge in [0.05, 0.1) is 6.61 Å². The van der Waals surface area contributed by atoms with Crippen molar-refractivity contribution in [3.63, 3.8) is 0 Å². The molecule has 4 heteroatoms. The first kappa shape index (κ1) is 12.3. The SMILES string of the molecule is CC1CN(CC2(CN)CCOC2)CCN1C. The van der Waals surface area contributed by atoms with E-state index < -0.39 is 0 Å². The molecular formula is C12H25N3O. The molecule has 0 aliphatic carbocycles. The lowest BCUT2D eigenvalue weighted by atomic mass is 9.86. The average molecular weight is 227 g/mol. The molecule has 2 unspecified atom stereocenters. The molecule has 2 heterocycles. The highest BCUT2D eigenvalue weighted by atomic mass is 16.5. The molecule has 0 aromatic heterocycles. The minimum absolute atomic E-state index is 0.232. The number of piperazine rings is 1. The monoisotopic (exact) mass is 227 g/mol.